The van der Waals surface area contributed by atoms with Crippen LogP contribution < -0.4 is 14.8 Å². The van der Waals surface area contributed by atoms with Gasteiger partial charge in [-0.15, -0.1) is 5.10 Å². The zero-order valence-electron chi connectivity index (χ0n) is 12.2. The normalized spacial score (nSPS) is 17.1. The van der Waals surface area contributed by atoms with Crippen LogP contribution in [0, 0.1) is 0 Å². The molecule has 2 aromatic rings. The molecule has 2 heterocycles. The van der Waals surface area contributed by atoms with Crippen LogP contribution in [0.1, 0.15) is 24.4 Å². The first-order valence-electron chi connectivity index (χ1n) is 7.25. The Bertz CT molecular complexity index is 571. The lowest BCUT2D eigenvalue weighted by atomic mass is 10.00. The molecule has 6 nitrogen and oxygen atoms in total. The van der Waals surface area contributed by atoms with Crippen molar-refractivity contribution < 1.29 is 9.47 Å². The van der Waals surface area contributed by atoms with Gasteiger partial charge in [0.05, 0.1) is 19.9 Å². The van der Waals surface area contributed by atoms with Crippen molar-refractivity contribution in [3.8, 4) is 11.5 Å². The van der Waals surface area contributed by atoms with Gasteiger partial charge in [-0.3, -0.25) is 4.68 Å². The van der Waals surface area contributed by atoms with E-state index in [0.29, 0.717) is 6.04 Å². The summed E-state index contributed by atoms with van der Waals surface area (Å²) in [7, 11) is 1.69. The molecule has 0 amide bonds. The number of fused-ring (bicyclic) bond motifs is 1. The molecule has 6 heteroatoms. The van der Waals surface area contributed by atoms with Crippen LogP contribution in [0.25, 0.3) is 0 Å². The molecule has 0 spiro atoms. The van der Waals surface area contributed by atoms with E-state index in [1.165, 1.54) is 5.56 Å². The molecule has 0 radical (unpaired) electrons. The van der Waals surface area contributed by atoms with Gasteiger partial charge in [-0.2, -0.15) is 0 Å². The van der Waals surface area contributed by atoms with Crippen molar-refractivity contribution in [3.05, 3.63) is 36.2 Å². The van der Waals surface area contributed by atoms with Crippen LogP contribution in [0.4, 0.5) is 0 Å². The van der Waals surface area contributed by atoms with E-state index in [1.807, 2.05) is 23.0 Å². The second-order valence-electron chi connectivity index (χ2n) is 5.07. The van der Waals surface area contributed by atoms with Crippen LogP contribution in [0.3, 0.4) is 0 Å². The van der Waals surface area contributed by atoms with Gasteiger partial charge in [-0.25, -0.2) is 0 Å². The topological polar surface area (TPSA) is 61.2 Å². The van der Waals surface area contributed by atoms with Crippen molar-refractivity contribution in [2.24, 2.45) is 0 Å². The molecule has 0 bridgehead atoms. The van der Waals surface area contributed by atoms with Crippen molar-refractivity contribution in [3.63, 3.8) is 0 Å². The highest BCUT2D eigenvalue weighted by molar-refractivity contribution is 5.43. The van der Waals surface area contributed by atoms with Gasteiger partial charge in [-0.05, 0) is 31.2 Å². The Morgan fingerprint density at radius 3 is 3.24 bits per heavy atom. The smallest absolute Gasteiger partial charge is 0.124 e. The summed E-state index contributed by atoms with van der Waals surface area (Å²) >= 11 is 0. The molecule has 0 saturated heterocycles. The van der Waals surface area contributed by atoms with Crippen LogP contribution in [0.5, 0.6) is 11.5 Å². The fraction of sp³-hybridized carbons (Fsp3) is 0.467. The molecular weight excluding hydrogens is 268 g/mol. The van der Waals surface area contributed by atoms with Gasteiger partial charge in [0.25, 0.3) is 0 Å². The Morgan fingerprint density at radius 1 is 1.48 bits per heavy atom. The Hall–Kier alpha value is -2.08. The van der Waals surface area contributed by atoms with Gasteiger partial charge in [0, 0.05) is 30.8 Å². The van der Waals surface area contributed by atoms with E-state index in [0.717, 1.165) is 44.0 Å². The minimum Gasteiger partial charge on any atom is -0.497 e. The number of hydrogen-bond acceptors (Lipinski definition) is 5. The summed E-state index contributed by atoms with van der Waals surface area (Å²) in [4.78, 5) is 0. The summed E-state index contributed by atoms with van der Waals surface area (Å²) in [6, 6.07) is 6.30. The average molecular weight is 288 g/mol. The molecule has 1 aromatic carbocycles. The Balaban J connectivity index is 1.57. The number of rotatable bonds is 6. The first-order chi connectivity index (χ1) is 10.4. The molecule has 1 aromatic heterocycles. The quantitative estimate of drug-likeness (QED) is 0.821. The lowest BCUT2D eigenvalue weighted by Gasteiger charge is -2.27. The number of benzene rings is 1. The van der Waals surface area contributed by atoms with Crippen molar-refractivity contribution in [2.45, 2.75) is 25.4 Å². The summed E-state index contributed by atoms with van der Waals surface area (Å²) in [6.07, 6.45) is 5.58. The van der Waals surface area contributed by atoms with Crippen molar-refractivity contribution in [1.29, 1.82) is 0 Å². The van der Waals surface area contributed by atoms with Gasteiger partial charge in [0.1, 0.15) is 11.5 Å². The summed E-state index contributed by atoms with van der Waals surface area (Å²) in [6.45, 7) is 2.56. The predicted molar refractivity (Wildman–Crippen MR) is 78.5 cm³/mol. The second-order valence-corrected chi connectivity index (χ2v) is 5.07. The summed E-state index contributed by atoms with van der Waals surface area (Å²) in [5.74, 6) is 1.82. The lowest BCUT2D eigenvalue weighted by molar-refractivity contribution is 0.251. The van der Waals surface area contributed by atoms with Crippen LogP contribution in [-0.2, 0) is 6.54 Å². The van der Waals surface area contributed by atoms with Gasteiger partial charge >= 0.3 is 0 Å². The third-order valence-corrected chi connectivity index (χ3v) is 3.68. The average Bonchev–Trinajstić information content (AvgIpc) is 3.04. The number of aryl methyl sites for hydroxylation is 1. The molecule has 0 fully saturated rings. The zero-order chi connectivity index (χ0) is 14.5. The van der Waals surface area contributed by atoms with Crippen molar-refractivity contribution >= 4 is 0 Å². The summed E-state index contributed by atoms with van der Waals surface area (Å²) < 4.78 is 12.9. The van der Waals surface area contributed by atoms with Crippen molar-refractivity contribution in [1.82, 2.24) is 20.3 Å². The highest BCUT2D eigenvalue weighted by Gasteiger charge is 2.21. The van der Waals surface area contributed by atoms with E-state index in [2.05, 4.69) is 21.7 Å². The molecular formula is C15H20N4O2. The Morgan fingerprint density at radius 2 is 2.43 bits per heavy atom. The van der Waals surface area contributed by atoms with Gasteiger partial charge in [-0.1, -0.05) is 5.21 Å². The number of aromatic nitrogens is 3. The Kier molecular flexibility index (Phi) is 4.35. The van der Waals surface area contributed by atoms with Gasteiger partial charge < -0.3 is 14.8 Å². The summed E-state index contributed by atoms with van der Waals surface area (Å²) in [5, 5.41) is 11.4. The molecule has 21 heavy (non-hydrogen) atoms. The number of nitrogens with one attached hydrogen (secondary N) is 1. The fourth-order valence-electron chi connectivity index (χ4n) is 2.58. The molecule has 1 aliphatic rings. The van der Waals surface area contributed by atoms with Crippen LogP contribution in [0.15, 0.2) is 30.6 Å². The molecule has 3 rings (SSSR count). The highest BCUT2D eigenvalue weighted by atomic mass is 16.5. The Labute approximate surface area is 124 Å². The standard InChI is InChI=1S/C15H20N4O2/c1-20-12-3-4-15-13(11-12)14(5-10-21-15)16-6-2-8-19-9-7-17-18-19/h3-4,7,9,11,14,16H,2,5-6,8,10H2,1H3. The largest absolute Gasteiger partial charge is 0.497 e. The highest BCUT2D eigenvalue weighted by Crippen LogP contribution is 2.34. The lowest BCUT2D eigenvalue weighted by Crippen LogP contribution is -2.28. The first-order valence-corrected chi connectivity index (χ1v) is 7.25. The minimum absolute atomic E-state index is 0.319. The van der Waals surface area contributed by atoms with Crippen LogP contribution in [0.2, 0.25) is 0 Å². The number of ether oxygens (including phenoxy) is 2. The zero-order valence-corrected chi connectivity index (χ0v) is 12.2. The van der Waals surface area contributed by atoms with Crippen LogP contribution >= 0.6 is 0 Å². The molecule has 1 N–H and O–H groups in total. The maximum atomic E-state index is 5.70. The third-order valence-electron chi connectivity index (χ3n) is 3.68. The van der Waals surface area contributed by atoms with E-state index >= 15 is 0 Å². The monoisotopic (exact) mass is 288 g/mol. The minimum atomic E-state index is 0.319. The van der Waals surface area contributed by atoms with E-state index < -0.39 is 0 Å². The van der Waals surface area contributed by atoms with Gasteiger partial charge in [0.2, 0.25) is 0 Å². The van der Waals surface area contributed by atoms with Crippen LogP contribution in [-0.4, -0.2) is 35.3 Å². The number of hydrogen-bond donors (Lipinski definition) is 1. The molecule has 0 aliphatic carbocycles. The summed E-state index contributed by atoms with van der Waals surface area (Å²) in [5.41, 5.74) is 1.18. The molecule has 112 valence electrons. The molecule has 1 atom stereocenters. The second kappa shape index (κ2) is 6.58. The maximum absolute atomic E-state index is 5.70. The molecule has 1 unspecified atom stereocenters. The molecule has 0 saturated carbocycles. The fourth-order valence-corrected chi connectivity index (χ4v) is 2.58. The van der Waals surface area contributed by atoms with E-state index in [9.17, 15) is 0 Å². The van der Waals surface area contributed by atoms with Crippen molar-refractivity contribution in [2.75, 3.05) is 20.3 Å². The number of nitrogens with zero attached hydrogens (tertiary/aromatic N) is 3. The molecule has 1 aliphatic heterocycles. The van der Waals surface area contributed by atoms with Gasteiger partial charge in [0.15, 0.2) is 0 Å². The third kappa shape index (κ3) is 3.33. The SMILES string of the molecule is COc1ccc2c(c1)C(NCCCn1ccnn1)CCO2. The van der Waals surface area contributed by atoms with E-state index in [1.54, 1.807) is 13.3 Å². The van der Waals surface area contributed by atoms with E-state index in [4.69, 9.17) is 9.47 Å². The predicted octanol–water partition coefficient (Wildman–Crippen LogP) is 1.79. The van der Waals surface area contributed by atoms with E-state index in [-0.39, 0.29) is 0 Å². The number of methoxy groups -OCH3 is 1. The first kappa shape index (κ1) is 13.9. The maximum Gasteiger partial charge on any atom is 0.124 e.